The lowest BCUT2D eigenvalue weighted by atomic mass is 9.85. The first-order chi connectivity index (χ1) is 14.9. The number of rotatable bonds is 4. The molecule has 1 saturated carbocycles. The third-order valence-corrected chi connectivity index (χ3v) is 5.32. The molecule has 0 saturated heterocycles. The van der Waals surface area contributed by atoms with Gasteiger partial charge in [-0.1, -0.05) is 12.5 Å². The Hall–Kier alpha value is -3.01. The van der Waals surface area contributed by atoms with E-state index in [9.17, 15) is 14.9 Å². The molecule has 0 aliphatic heterocycles. The topological polar surface area (TPSA) is 84.6 Å². The smallest absolute Gasteiger partial charge is 0.419 e. The Kier molecular flexibility index (Phi) is 6.54. The number of ether oxygens (including phenoxy) is 2. The van der Waals surface area contributed by atoms with E-state index >= 15 is 0 Å². The summed E-state index contributed by atoms with van der Waals surface area (Å²) in [6, 6.07) is 7.33. The van der Waals surface area contributed by atoms with Gasteiger partial charge in [0.25, 0.3) is 0 Å². The van der Waals surface area contributed by atoms with Crippen LogP contribution in [0.15, 0.2) is 24.4 Å². The first-order valence-electron chi connectivity index (χ1n) is 11.1. The average molecular weight is 440 g/mol. The molecule has 1 amide bonds. The molecule has 1 aromatic carbocycles. The first-order valence-corrected chi connectivity index (χ1v) is 11.1. The summed E-state index contributed by atoms with van der Waals surface area (Å²) in [6.45, 7) is 11.9. The largest absolute Gasteiger partial charge is 0.444 e. The van der Waals surface area contributed by atoms with Crippen LogP contribution in [-0.2, 0) is 16.0 Å². The molecule has 1 aliphatic rings. The van der Waals surface area contributed by atoms with Gasteiger partial charge in [-0.3, -0.25) is 4.57 Å². The summed E-state index contributed by atoms with van der Waals surface area (Å²) in [6.07, 6.45) is 4.21. The Balaban J connectivity index is 1.98. The monoisotopic (exact) mass is 439 g/mol. The molecule has 7 nitrogen and oxygen atoms in total. The van der Waals surface area contributed by atoms with E-state index in [4.69, 9.17) is 9.47 Å². The van der Waals surface area contributed by atoms with Crippen molar-refractivity contribution in [2.24, 2.45) is 5.92 Å². The summed E-state index contributed by atoms with van der Waals surface area (Å²) < 4.78 is 12.6. The van der Waals surface area contributed by atoms with Gasteiger partial charge in [0.15, 0.2) is 0 Å². The Morgan fingerprint density at radius 1 is 1.12 bits per heavy atom. The van der Waals surface area contributed by atoms with Gasteiger partial charge in [-0.05, 0) is 78.0 Å². The highest BCUT2D eigenvalue weighted by atomic mass is 16.6. The van der Waals surface area contributed by atoms with Crippen molar-refractivity contribution in [3.8, 4) is 6.07 Å². The van der Waals surface area contributed by atoms with Crippen molar-refractivity contribution >= 4 is 23.1 Å². The highest BCUT2D eigenvalue weighted by Gasteiger charge is 2.29. The SMILES string of the molecule is CC(C)(C)OC(=O)N(Cc1cn(C(=O)OC(C)(C)C)c2cc(C#N)ccc12)CC1CCC1. The Labute approximate surface area is 189 Å². The van der Waals surface area contributed by atoms with Crippen molar-refractivity contribution in [3.05, 3.63) is 35.5 Å². The zero-order chi connectivity index (χ0) is 23.7. The molecule has 1 aliphatic carbocycles. The normalized spacial score (nSPS) is 14.5. The lowest BCUT2D eigenvalue weighted by Gasteiger charge is -2.33. The van der Waals surface area contributed by atoms with Gasteiger partial charge in [0, 0.05) is 18.1 Å². The third-order valence-electron chi connectivity index (χ3n) is 5.32. The average Bonchev–Trinajstić information content (AvgIpc) is 2.98. The van der Waals surface area contributed by atoms with Gasteiger partial charge in [-0.15, -0.1) is 0 Å². The van der Waals surface area contributed by atoms with Crippen LogP contribution in [0.25, 0.3) is 10.9 Å². The van der Waals surface area contributed by atoms with Crippen LogP contribution in [0.1, 0.15) is 71.9 Å². The molecule has 0 N–H and O–H groups in total. The van der Waals surface area contributed by atoms with E-state index in [-0.39, 0.29) is 6.09 Å². The van der Waals surface area contributed by atoms with Gasteiger partial charge in [0.2, 0.25) is 0 Å². The molecular formula is C25H33N3O4. The summed E-state index contributed by atoms with van der Waals surface area (Å²) in [7, 11) is 0. The van der Waals surface area contributed by atoms with E-state index in [0.717, 1.165) is 23.8 Å². The fourth-order valence-electron chi connectivity index (χ4n) is 3.68. The predicted molar refractivity (Wildman–Crippen MR) is 122 cm³/mol. The van der Waals surface area contributed by atoms with Crippen molar-refractivity contribution in [2.75, 3.05) is 6.54 Å². The Morgan fingerprint density at radius 3 is 2.31 bits per heavy atom. The summed E-state index contributed by atoms with van der Waals surface area (Å²) >= 11 is 0. The number of hydrogen-bond donors (Lipinski definition) is 0. The Morgan fingerprint density at radius 2 is 1.78 bits per heavy atom. The number of nitrogens with zero attached hydrogens (tertiary/aromatic N) is 3. The third kappa shape index (κ3) is 5.82. The van der Waals surface area contributed by atoms with Gasteiger partial charge < -0.3 is 14.4 Å². The zero-order valence-corrected chi connectivity index (χ0v) is 19.9. The molecule has 1 heterocycles. The quantitative estimate of drug-likeness (QED) is 0.598. The van der Waals surface area contributed by atoms with E-state index in [0.29, 0.717) is 30.1 Å². The minimum atomic E-state index is -0.659. The van der Waals surface area contributed by atoms with Crippen molar-refractivity contribution in [1.82, 2.24) is 9.47 Å². The van der Waals surface area contributed by atoms with Crippen LogP contribution < -0.4 is 0 Å². The second kappa shape index (κ2) is 8.85. The molecule has 3 rings (SSSR count). The summed E-state index contributed by atoms with van der Waals surface area (Å²) in [5.41, 5.74) is 0.585. The van der Waals surface area contributed by atoms with Crippen LogP contribution in [0.3, 0.4) is 0 Å². The second-order valence-corrected chi connectivity index (χ2v) is 10.5. The lowest BCUT2D eigenvalue weighted by Crippen LogP contribution is -2.40. The minimum absolute atomic E-state index is 0.309. The number of aromatic nitrogens is 1. The lowest BCUT2D eigenvalue weighted by molar-refractivity contribution is 0.0174. The number of amides is 1. The number of carbonyl (C=O) groups excluding carboxylic acids is 2. The second-order valence-electron chi connectivity index (χ2n) is 10.5. The van der Waals surface area contributed by atoms with Gasteiger partial charge in [0.05, 0.1) is 23.7 Å². The van der Waals surface area contributed by atoms with Crippen LogP contribution >= 0.6 is 0 Å². The van der Waals surface area contributed by atoms with Gasteiger partial charge >= 0.3 is 12.2 Å². The van der Waals surface area contributed by atoms with Crippen LogP contribution in [-0.4, -0.2) is 39.4 Å². The van der Waals surface area contributed by atoms with Crippen LogP contribution in [0, 0.1) is 17.2 Å². The molecule has 32 heavy (non-hydrogen) atoms. The standard InChI is InChI=1S/C25H33N3O4/c1-24(2,3)31-22(29)27(14-17-8-7-9-17)15-19-16-28(23(30)32-25(4,5)6)21-12-18(13-26)10-11-20(19)21/h10-12,16-17H,7-9,14-15H2,1-6H3. The number of benzene rings is 1. The van der Waals surface area contributed by atoms with E-state index in [1.54, 1.807) is 44.0 Å². The summed E-state index contributed by atoms with van der Waals surface area (Å²) in [5.74, 6) is 0.465. The van der Waals surface area contributed by atoms with E-state index in [2.05, 4.69) is 6.07 Å². The van der Waals surface area contributed by atoms with Crippen molar-refractivity contribution in [3.63, 3.8) is 0 Å². The maximum Gasteiger partial charge on any atom is 0.419 e. The predicted octanol–water partition coefficient (Wildman–Crippen LogP) is 5.83. The molecule has 0 unspecified atom stereocenters. The van der Waals surface area contributed by atoms with Crippen molar-refractivity contribution in [2.45, 2.75) is 78.6 Å². The number of carbonyl (C=O) groups is 2. The van der Waals surface area contributed by atoms with Crippen LogP contribution in [0.5, 0.6) is 0 Å². The molecule has 2 aromatic rings. The summed E-state index contributed by atoms with van der Waals surface area (Å²) in [4.78, 5) is 27.6. The molecule has 0 atom stereocenters. The van der Waals surface area contributed by atoms with Crippen molar-refractivity contribution in [1.29, 1.82) is 5.26 Å². The zero-order valence-electron chi connectivity index (χ0n) is 19.9. The molecule has 1 aromatic heterocycles. The van der Waals surface area contributed by atoms with E-state index < -0.39 is 17.3 Å². The van der Waals surface area contributed by atoms with Gasteiger partial charge in [0.1, 0.15) is 11.2 Å². The first kappa shape index (κ1) is 23.6. The maximum absolute atomic E-state index is 13.0. The molecule has 0 radical (unpaired) electrons. The van der Waals surface area contributed by atoms with Gasteiger partial charge in [-0.2, -0.15) is 5.26 Å². The van der Waals surface area contributed by atoms with Crippen LogP contribution in [0.4, 0.5) is 9.59 Å². The molecule has 7 heteroatoms. The fraction of sp³-hybridized carbons (Fsp3) is 0.560. The summed E-state index contributed by atoms with van der Waals surface area (Å²) in [5, 5.41) is 10.1. The minimum Gasteiger partial charge on any atom is -0.444 e. The molecule has 0 bridgehead atoms. The molecule has 1 fully saturated rings. The molecule has 0 spiro atoms. The van der Waals surface area contributed by atoms with Crippen LogP contribution in [0.2, 0.25) is 0 Å². The van der Waals surface area contributed by atoms with E-state index in [1.807, 2.05) is 26.8 Å². The molecule has 172 valence electrons. The fourth-order valence-corrected chi connectivity index (χ4v) is 3.68. The number of hydrogen-bond acceptors (Lipinski definition) is 5. The number of fused-ring (bicyclic) bond motifs is 1. The van der Waals surface area contributed by atoms with Gasteiger partial charge in [-0.25, -0.2) is 9.59 Å². The Bertz CT molecular complexity index is 1050. The number of nitriles is 1. The molecular weight excluding hydrogens is 406 g/mol. The van der Waals surface area contributed by atoms with E-state index in [1.165, 1.54) is 11.0 Å². The highest BCUT2D eigenvalue weighted by Crippen LogP contribution is 2.30. The highest BCUT2D eigenvalue weighted by molar-refractivity contribution is 5.93. The maximum atomic E-state index is 13.0. The van der Waals surface area contributed by atoms with Crippen molar-refractivity contribution < 1.29 is 19.1 Å².